The summed E-state index contributed by atoms with van der Waals surface area (Å²) in [6, 6.07) is 0. The summed E-state index contributed by atoms with van der Waals surface area (Å²) in [5.41, 5.74) is 0. The number of carbonyl (C=O) groups is 1. The van der Waals surface area contributed by atoms with Crippen LogP contribution in [0.25, 0.3) is 0 Å². The van der Waals surface area contributed by atoms with E-state index in [1.54, 1.807) is 0 Å². The highest BCUT2D eigenvalue weighted by Gasteiger charge is 2.48. The molecule has 1 aliphatic rings. The molecule has 1 rings (SSSR count). The molecule has 66 heavy (non-hydrogen) atoms. The molecule has 0 spiro atoms. The predicted molar refractivity (Wildman–Crippen MR) is 267 cm³/mol. The zero-order valence-electron chi connectivity index (χ0n) is 42.0. The number of unbranched alkanes of at least 4 members (excludes halogenated alkanes) is 31. The fraction of sp³-hybridized carbons (Fsp3) is 0.906. The number of hydrogen-bond donors (Lipinski definition) is 4. The molecule has 13 heteroatoms. The minimum absolute atomic E-state index is 0.0384. The number of carbonyl (C=O) groups excluding carboxylic acids is 1. The molecule has 0 aromatic carbocycles. The van der Waals surface area contributed by atoms with Crippen LogP contribution in [-0.2, 0) is 38.3 Å². The topological polar surface area (TPSA) is 178 Å². The van der Waals surface area contributed by atoms with E-state index in [0.29, 0.717) is 13.0 Å². The van der Waals surface area contributed by atoms with Gasteiger partial charge in [0.05, 0.1) is 19.8 Å². The van der Waals surface area contributed by atoms with E-state index in [0.717, 1.165) is 44.9 Å². The summed E-state index contributed by atoms with van der Waals surface area (Å²) in [4.78, 5) is 12.9. The van der Waals surface area contributed by atoms with Crippen LogP contribution in [-0.4, -0.2) is 97.5 Å². The molecule has 1 fully saturated rings. The maximum absolute atomic E-state index is 12.9. The molecule has 0 saturated carbocycles. The van der Waals surface area contributed by atoms with Crippen molar-refractivity contribution in [3.05, 3.63) is 24.3 Å². The monoisotopic (exact) mass is 961 g/mol. The molecular formula is C53H100O12S. The van der Waals surface area contributed by atoms with E-state index in [2.05, 4.69) is 42.3 Å². The van der Waals surface area contributed by atoms with Crippen molar-refractivity contribution >= 4 is 16.4 Å². The van der Waals surface area contributed by atoms with E-state index < -0.39 is 59.8 Å². The van der Waals surface area contributed by atoms with Gasteiger partial charge in [0.2, 0.25) is 0 Å². The van der Waals surface area contributed by atoms with Gasteiger partial charge in [0.1, 0.15) is 30.5 Å². The Morgan fingerprint density at radius 1 is 0.576 bits per heavy atom. The van der Waals surface area contributed by atoms with E-state index in [1.165, 1.54) is 173 Å². The maximum Gasteiger partial charge on any atom is 0.397 e. The third-order valence-corrected chi connectivity index (χ3v) is 13.0. The lowest BCUT2D eigenvalue weighted by molar-refractivity contribution is -0.301. The molecule has 0 aliphatic carbocycles. The van der Waals surface area contributed by atoms with Crippen molar-refractivity contribution in [1.82, 2.24) is 0 Å². The third-order valence-electron chi connectivity index (χ3n) is 12.6. The van der Waals surface area contributed by atoms with Crippen LogP contribution in [0.2, 0.25) is 0 Å². The normalized spacial score (nSPS) is 19.6. The van der Waals surface area contributed by atoms with Gasteiger partial charge in [-0.3, -0.25) is 9.35 Å². The molecule has 4 N–H and O–H groups in total. The summed E-state index contributed by atoms with van der Waals surface area (Å²) >= 11 is 0. The van der Waals surface area contributed by atoms with Gasteiger partial charge >= 0.3 is 16.4 Å². The summed E-state index contributed by atoms with van der Waals surface area (Å²) < 4.78 is 59.3. The Bertz CT molecular complexity index is 1250. The van der Waals surface area contributed by atoms with Gasteiger partial charge < -0.3 is 34.3 Å². The highest BCUT2D eigenvalue weighted by molar-refractivity contribution is 7.80. The Morgan fingerprint density at radius 2 is 1.00 bits per heavy atom. The van der Waals surface area contributed by atoms with Crippen molar-refractivity contribution in [3.63, 3.8) is 0 Å². The van der Waals surface area contributed by atoms with E-state index >= 15 is 0 Å². The molecule has 0 amide bonds. The zero-order valence-corrected chi connectivity index (χ0v) is 42.8. The van der Waals surface area contributed by atoms with Crippen LogP contribution in [0.5, 0.6) is 0 Å². The highest BCUT2D eigenvalue weighted by Crippen LogP contribution is 2.26. The molecule has 12 nitrogen and oxygen atoms in total. The number of esters is 1. The smallest absolute Gasteiger partial charge is 0.397 e. The van der Waals surface area contributed by atoms with E-state index in [4.69, 9.17) is 18.9 Å². The molecule has 0 bridgehead atoms. The number of rotatable bonds is 48. The Labute approximate surface area is 403 Å². The fourth-order valence-corrected chi connectivity index (χ4v) is 8.98. The van der Waals surface area contributed by atoms with E-state index in [-0.39, 0.29) is 19.6 Å². The number of hydrogen-bond acceptors (Lipinski definition) is 11. The molecule has 0 aromatic heterocycles. The van der Waals surface area contributed by atoms with Crippen LogP contribution in [0, 0.1) is 0 Å². The van der Waals surface area contributed by atoms with Gasteiger partial charge in [-0.25, -0.2) is 4.18 Å². The van der Waals surface area contributed by atoms with Gasteiger partial charge in [-0.1, -0.05) is 218 Å². The lowest BCUT2D eigenvalue weighted by Gasteiger charge is -2.41. The Kier molecular flexibility index (Phi) is 42.5. The SMILES string of the molecule is CCCCCCC/C=C\C/C=C\CCCCCCCCCCCCOCC(COC1OC(CO)C(O)C(OS(=O)(=O)O)C1O)OC(=O)CCCCCCCCCCCCCCCCCCC. The second-order valence-corrected chi connectivity index (χ2v) is 19.9. The number of aliphatic hydroxyl groups is 3. The van der Waals surface area contributed by atoms with Crippen molar-refractivity contribution in [2.24, 2.45) is 0 Å². The average molecular weight is 961 g/mol. The molecule has 6 atom stereocenters. The van der Waals surface area contributed by atoms with Gasteiger partial charge in [-0.2, -0.15) is 8.42 Å². The van der Waals surface area contributed by atoms with Gasteiger partial charge in [0.25, 0.3) is 0 Å². The largest absolute Gasteiger partial charge is 0.457 e. The number of ether oxygens (including phenoxy) is 4. The summed E-state index contributed by atoms with van der Waals surface area (Å²) in [7, 11) is -5.06. The number of allylic oxidation sites excluding steroid dienone is 4. The van der Waals surface area contributed by atoms with Gasteiger partial charge in [-0.05, 0) is 44.9 Å². The second-order valence-electron chi connectivity index (χ2n) is 18.8. The summed E-state index contributed by atoms with van der Waals surface area (Å²) in [5.74, 6) is -0.395. The van der Waals surface area contributed by atoms with Gasteiger partial charge in [0.15, 0.2) is 6.29 Å². The van der Waals surface area contributed by atoms with Crippen LogP contribution in [0.4, 0.5) is 0 Å². The first-order valence-electron chi connectivity index (χ1n) is 27.1. The Hall–Kier alpha value is -1.42. The second kappa shape index (κ2) is 44.8. The van der Waals surface area contributed by atoms with Gasteiger partial charge in [0, 0.05) is 13.0 Å². The van der Waals surface area contributed by atoms with Crippen molar-refractivity contribution in [3.8, 4) is 0 Å². The highest BCUT2D eigenvalue weighted by atomic mass is 32.3. The van der Waals surface area contributed by atoms with Crippen molar-refractivity contribution in [2.75, 3.05) is 26.4 Å². The molecule has 1 saturated heterocycles. The van der Waals surface area contributed by atoms with Crippen LogP contribution in [0.3, 0.4) is 0 Å². The molecule has 0 aromatic rings. The standard InChI is InChI=1S/C53H100O12S/c1-3-5-7-9-11-13-15-17-19-21-22-23-24-25-27-29-31-33-35-37-39-41-43-61-45-47(46-62-53-51(57)52(65-66(58,59)60)50(56)48(44-54)64-53)63-49(55)42-40-38-36-34-32-30-28-26-20-18-16-14-12-10-8-6-4-2/h15,17,21-22,47-48,50-54,56-57H,3-14,16,18-20,23-46H2,1-2H3,(H,58,59,60)/b17-15-,22-21-. The van der Waals surface area contributed by atoms with E-state index in [1.807, 2.05) is 0 Å². The molecule has 6 unspecified atom stereocenters. The molecule has 1 aliphatic heterocycles. The quantitative estimate of drug-likeness (QED) is 0.0197. The maximum atomic E-state index is 12.9. The molecular weight excluding hydrogens is 861 g/mol. The van der Waals surface area contributed by atoms with Gasteiger partial charge in [-0.15, -0.1) is 0 Å². The lowest BCUT2D eigenvalue weighted by atomic mass is 9.99. The molecule has 390 valence electrons. The predicted octanol–water partition coefficient (Wildman–Crippen LogP) is 12.8. The number of aliphatic hydroxyl groups excluding tert-OH is 3. The first kappa shape index (κ1) is 62.6. The van der Waals surface area contributed by atoms with Crippen molar-refractivity contribution < 1.29 is 56.2 Å². The van der Waals surface area contributed by atoms with Crippen LogP contribution in [0.15, 0.2) is 24.3 Å². The van der Waals surface area contributed by atoms with Crippen molar-refractivity contribution in [1.29, 1.82) is 0 Å². The summed E-state index contributed by atoms with van der Waals surface area (Å²) in [6.45, 7) is 4.02. The van der Waals surface area contributed by atoms with Crippen LogP contribution < -0.4 is 0 Å². The van der Waals surface area contributed by atoms with Crippen LogP contribution in [0.1, 0.15) is 245 Å². The first-order chi connectivity index (χ1) is 32.1. The fourth-order valence-electron chi connectivity index (χ4n) is 8.47. The minimum Gasteiger partial charge on any atom is -0.457 e. The Morgan fingerprint density at radius 3 is 1.44 bits per heavy atom. The Balaban J connectivity index is 2.32. The summed E-state index contributed by atoms with van der Waals surface area (Å²) in [5, 5.41) is 30.8. The molecule has 0 radical (unpaired) electrons. The lowest BCUT2D eigenvalue weighted by Crippen LogP contribution is -2.60. The van der Waals surface area contributed by atoms with E-state index in [9.17, 15) is 33.1 Å². The molecule has 1 heterocycles. The zero-order chi connectivity index (χ0) is 48.2. The summed E-state index contributed by atoms with van der Waals surface area (Å²) in [6.07, 6.45) is 43.5. The minimum atomic E-state index is -5.06. The van der Waals surface area contributed by atoms with Crippen LogP contribution >= 0.6 is 0 Å². The average Bonchev–Trinajstić information content (AvgIpc) is 3.29. The third kappa shape index (κ3) is 37.5. The first-order valence-corrected chi connectivity index (χ1v) is 28.5. The van der Waals surface area contributed by atoms with Crippen molar-refractivity contribution in [2.45, 2.75) is 282 Å².